The third kappa shape index (κ3) is 3.93. The summed E-state index contributed by atoms with van der Waals surface area (Å²) in [4.78, 5) is 10.9. The fourth-order valence-corrected chi connectivity index (χ4v) is 2.75. The molecule has 0 bridgehead atoms. The van der Waals surface area contributed by atoms with Crippen molar-refractivity contribution < 1.29 is 39.9 Å². The molecule has 1 amide bonds. The molecule has 0 aromatic heterocycles. The summed E-state index contributed by atoms with van der Waals surface area (Å²) < 4.78 is 92.1. The molecule has 0 spiro atoms. The highest BCUT2D eigenvalue weighted by atomic mass is 32.2. The van der Waals surface area contributed by atoms with Gasteiger partial charge in [0.1, 0.15) is 17.4 Å². The lowest BCUT2D eigenvalue weighted by Gasteiger charge is -2.13. The van der Waals surface area contributed by atoms with E-state index in [9.17, 15) is 35.2 Å². The van der Waals surface area contributed by atoms with E-state index in [-0.39, 0.29) is 5.75 Å². The lowest BCUT2D eigenvalue weighted by atomic mass is 10.2. The van der Waals surface area contributed by atoms with Gasteiger partial charge in [0.05, 0.1) is 17.7 Å². The van der Waals surface area contributed by atoms with Crippen molar-refractivity contribution in [1.29, 1.82) is 0 Å². The molecule has 5 nitrogen and oxygen atoms in total. The van der Waals surface area contributed by atoms with Crippen molar-refractivity contribution in [3.05, 3.63) is 53.6 Å². The van der Waals surface area contributed by atoms with Gasteiger partial charge >= 0.3 is 5.51 Å². The predicted molar refractivity (Wildman–Crippen MR) is 80.5 cm³/mol. The van der Waals surface area contributed by atoms with Crippen molar-refractivity contribution in [3.63, 3.8) is 0 Å². The molecule has 0 aliphatic carbocycles. The number of sulfone groups is 1. The number of hydrogen-bond acceptors (Lipinski definition) is 4. The number of anilines is 1. The van der Waals surface area contributed by atoms with Crippen molar-refractivity contribution in [3.8, 4) is 5.75 Å². The van der Waals surface area contributed by atoms with E-state index in [0.717, 1.165) is 13.2 Å². The first-order chi connectivity index (χ1) is 12.0. The van der Waals surface area contributed by atoms with Gasteiger partial charge in [-0.3, -0.25) is 4.79 Å². The molecular weight excluding hydrogens is 385 g/mol. The van der Waals surface area contributed by atoms with Crippen LogP contribution in [-0.2, 0) is 9.84 Å². The van der Waals surface area contributed by atoms with Gasteiger partial charge in [0.25, 0.3) is 15.7 Å². The van der Waals surface area contributed by atoms with Gasteiger partial charge in [-0.2, -0.15) is 13.2 Å². The van der Waals surface area contributed by atoms with E-state index in [2.05, 4.69) is 5.32 Å². The van der Waals surface area contributed by atoms with Gasteiger partial charge in [-0.25, -0.2) is 17.2 Å². The largest absolute Gasteiger partial charge is 0.501 e. The van der Waals surface area contributed by atoms with E-state index in [0.29, 0.717) is 30.3 Å². The molecule has 0 aliphatic rings. The minimum atomic E-state index is -5.66. The maximum Gasteiger partial charge on any atom is 0.501 e. The summed E-state index contributed by atoms with van der Waals surface area (Å²) in [6.45, 7) is 0. The molecule has 0 saturated heterocycles. The fourth-order valence-electron chi connectivity index (χ4n) is 1.96. The van der Waals surface area contributed by atoms with Crippen LogP contribution in [0, 0.1) is 11.6 Å². The van der Waals surface area contributed by atoms with Gasteiger partial charge < -0.3 is 10.1 Å². The van der Waals surface area contributed by atoms with Gasteiger partial charge in [0.15, 0.2) is 0 Å². The smallest absolute Gasteiger partial charge is 0.495 e. The number of amides is 1. The number of alkyl halides is 3. The van der Waals surface area contributed by atoms with Crippen LogP contribution in [0.1, 0.15) is 10.4 Å². The Morgan fingerprint density at radius 3 is 2.12 bits per heavy atom. The van der Waals surface area contributed by atoms with Gasteiger partial charge in [0, 0.05) is 11.6 Å². The van der Waals surface area contributed by atoms with Crippen molar-refractivity contribution in [2.75, 3.05) is 12.4 Å². The first-order valence-electron chi connectivity index (χ1n) is 6.72. The number of benzene rings is 2. The van der Waals surface area contributed by atoms with Gasteiger partial charge in [-0.05, 0) is 30.3 Å². The molecule has 0 saturated carbocycles. The molecule has 140 valence electrons. The topological polar surface area (TPSA) is 72.5 Å². The normalized spacial score (nSPS) is 11.9. The van der Waals surface area contributed by atoms with Gasteiger partial charge in [-0.15, -0.1) is 0 Å². The highest BCUT2D eigenvalue weighted by Gasteiger charge is 2.47. The average molecular weight is 395 g/mol. The fraction of sp³-hybridized carbons (Fsp3) is 0.133. The molecule has 1 N–H and O–H groups in total. The standard InChI is InChI=1S/C15H10F5NO4S/c1-25-13-3-2-11(26(23,24)15(18,19)20)7-12(13)21-14(22)8-4-9(16)6-10(17)5-8/h2-7H,1H3,(H,21,22). The number of halogens is 5. The Morgan fingerprint density at radius 2 is 1.62 bits per heavy atom. The van der Waals surface area contributed by atoms with Crippen molar-refractivity contribution in [1.82, 2.24) is 0 Å². The van der Waals surface area contributed by atoms with E-state index in [4.69, 9.17) is 4.74 Å². The number of ether oxygens (including phenoxy) is 1. The van der Waals surface area contributed by atoms with Gasteiger partial charge in [-0.1, -0.05) is 0 Å². The predicted octanol–water partition coefficient (Wildman–Crippen LogP) is 3.52. The molecule has 2 rings (SSSR count). The van der Waals surface area contributed by atoms with Crippen molar-refractivity contribution in [2.45, 2.75) is 10.4 Å². The van der Waals surface area contributed by atoms with Crippen LogP contribution in [0.25, 0.3) is 0 Å². The second-order valence-electron chi connectivity index (χ2n) is 4.92. The van der Waals surface area contributed by atoms with Crippen LogP contribution in [0.5, 0.6) is 5.75 Å². The second-order valence-corrected chi connectivity index (χ2v) is 6.86. The molecular formula is C15H10F5NO4S. The summed E-state index contributed by atoms with van der Waals surface area (Å²) in [7, 11) is -4.53. The zero-order chi connectivity index (χ0) is 19.7. The summed E-state index contributed by atoms with van der Waals surface area (Å²) >= 11 is 0. The van der Waals surface area contributed by atoms with Crippen LogP contribution < -0.4 is 10.1 Å². The number of methoxy groups -OCH3 is 1. The Balaban J connectivity index is 2.45. The summed E-state index contributed by atoms with van der Waals surface area (Å²) in [5.74, 6) is -3.33. The number of carbonyl (C=O) groups excluding carboxylic acids is 1. The van der Waals surface area contributed by atoms with Crippen LogP contribution in [0.3, 0.4) is 0 Å². The number of nitrogens with one attached hydrogen (secondary N) is 1. The maximum atomic E-state index is 13.2. The van der Waals surface area contributed by atoms with E-state index < -0.39 is 49.0 Å². The molecule has 0 aliphatic heterocycles. The minimum absolute atomic E-state index is 0.156. The number of rotatable bonds is 4. The Hall–Kier alpha value is -2.69. The summed E-state index contributed by atoms with van der Waals surface area (Å²) in [5.41, 5.74) is -6.43. The molecule has 26 heavy (non-hydrogen) atoms. The summed E-state index contributed by atoms with van der Waals surface area (Å²) in [6, 6.07) is 4.01. The number of carbonyl (C=O) groups is 1. The molecule has 0 radical (unpaired) electrons. The quantitative estimate of drug-likeness (QED) is 0.805. The second kappa shape index (κ2) is 6.90. The minimum Gasteiger partial charge on any atom is -0.495 e. The molecule has 0 atom stereocenters. The van der Waals surface area contributed by atoms with Crippen molar-refractivity contribution >= 4 is 21.4 Å². The SMILES string of the molecule is COc1ccc(S(=O)(=O)C(F)(F)F)cc1NC(=O)c1cc(F)cc(F)c1. The van der Waals surface area contributed by atoms with Crippen LogP contribution in [0.15, 0.2) is 41.3 Å². The molecule has 0 unspecified atom stereocenters. The summed E-state index contributed by atoms with van der Waals surface area (Å²) in [6.07, 6.45) is 0. The Bertz CT molecular complexity index is 937. The highest BCUT2D eigenvalue weighted by molar-refractivity contribution is 7.92. The number of hydrogen-bond donors (Lipinski definition) is 1. The third-order valence-corrected chi connectivity index (χ3v) is 4.64. The molecule has 11 heteroatoms. The zero-order valence-corrected chi connectivity index (χ0v) is 13.7. The highest BCUT2D eigenvalue weighted by Crippen LogP contribution is 2.34. The first kappa shape index (κ1) is 19.6. The van der Waals surface area contributed by atoms with Crippen molar-refractivity contribution in [2.24, 2.45) is 0 Å². The third-order valence-electron chi connectivity index (χ3n) is 3.16. The monoisotopic (exact) mass is 395 g/mol. The lowest BCUT2D eigenvalue weighted by molar-refractivity contribution is -0.0436. The zero-order valence-electron chi connectivity index (χ0n) is 12.9. The average Bonchev–Trinajstić information content (AvgIpc) is 2.52. The Labute approximate surface area is 144 Å². The van der Waals surface area contributed by atoms with Crippen LogP contribution >= 0.6 is 0 Å². The van der Waals surface area contributed by atoms with Crippen LogP contribution in [0.2, 0.25) is 0 Å². The van der Waals surface area contributed by atoms with Gasteiger partial charge in [0.2, 0.25) is 0 Å². The van der Waals surface area contributed by atoms with Crippen LogP contribution in [0.4, 0.5) is 27.6 Å². The van der Waals surface area contributed by atoms with E-state index in [1.165, 1.54) is 0 Å². The Kier molecular flexibility index (Phi) is 5.21. The van der Waals surface area contributed by atoms with Crippen LogP contribution in [-0.4, -0.2) is 26.9 Å². The molecule has 0 heterocycles. The van der Waals surface area contributed by atoms with E-state index in [1.54, 1.807) is 0 Å². The Morgan fingerprint density at radius 1 is 1.04 bits per heavy atom. The summed E-state index contributed by atoms with van der Waals surface area (Å²) in [5, 5.41) is 2.07. The van der Waals surface area contributed by atoms with E-state index in [1.807, 2.05) is 0 Å². The molecule has 0 fully saturated rings. The lowest BCUT2D eigenvalue weighted by Crippen LogP contribution is -2.23. The maximum absolute atomic E-state index is 13.2. The molecule has 2 aromatic carbocycles. The molecule has 2 aromatic rings. The first-order valence-corrected chi connectivity index (χ1v) is 8.21. The van der Waals surface area contributed by atoms with E-state index >= 15 is 0 Å².